The number of rotatable bonds is 5. The van der Waals surface area contributed by atoms with Crippen molar-refractivity contribution in [2.75, 3.05) is 31.2 Å². The number of carbonyl (C=O) groups excluding carboxylic acids is 3. The molecule has 0 unspecified atom stereocenters. The van der Waals surface area contributed by atoms with E-state index in [-0.39, 0.29) is 11.6 Å². The zero-order valence-corrected chi connectivity index (χ0v) is 16.2. The second-order valence-electron chi connectivity index (χ2n) is 5.70. The average Bonchev–Trinajstić information content (AvgIpc) is 3.34. The minimum absolute atomic E-state index is 0.138. The second-order valence-corrected chi connectivity index (χ2v) is 7.70. The Balaban J connectivity index is 1.50. The summed E-state index contributed by atoms with van der Waals surface area (Å²) in [6.07, 6.45) is 0. The van der Waals surface area contributed by atoms with E-state index < -0.39 is 11.8 Å². The van der Waals surface area contributed by atoms with Crippen LogP contribution in [0.25, 0.3) is 0 Å². The molecule has 11 heteroatoms. The largest absolute Gasteiger partial charge is 0.378 e. The molecule has 3 rings (SSSR count). The fourth-order valence-corrected chi connectivity index (χ4v) is 4.02. The van der Waals surface area contributed by atoms with Crippen LogP contribution in [-0.2, 0) is 16.1 Å². The number of hydrogen-bond donors (Lipinski definition) is 3. The molecule has 1 saturated heterocycles. The maximum absolute atomic E-state index is 12.2. The van der Waals surface area contributed by atoms with E-state index in [0.29, 0.717) is 24.6 Å². The monoisotopic (exact) mass is 409 g/mol. The number of thiophene rings is 1. The minimum atomic E-state index is -0.478. The van der Waals surface area contributed by atoms with Gasteiger partial charge in [0.15, 0.2) is 5.13 Å². The van der Waals surface area contributed by atoms with Gasteiger partial charge < -0.3 is 15.0 Å². The quantitative estimate of drug-likeness (QED) is 0.629. The van der Waals surface area contributed by atoms with Crippen molar-refractivity contribution in [2.45, 2.75) is 13.5 Å². The number of amides is 3. The molecule has 3 heterocycles. The first-order chi connectivity index (χ1) is 13.0. The van der Waals surface area contributed by atoms with Crippen molar-refractivity contribution >= 4 is 45.5 Å². The summed E-state index contributed by atoms with van der Waals surface area (Å²) in [5.74, 6) is -1.04. The molecule has 0 aromatic carbocycles. The molecule has 0 aliphatic carbocycles. The van der Waals surface area contributed by atoms with Crippen molar-refractivity contribution in [3.8, 4) is 0 Å². The van der Waals surface area contributed by atoms with Gasteiger partial charge in [0.05, 0.1) is 24.6 Å². The number of aromatic nitrogens is 1. The van der Waals surface area contributed by atoms with Gasteiger partial charge >= 0.3 is 0 Å². The van der Waals surface area contributed by atoms with Gasteiger partial charge in [0.1, 0.15) is 5.69 Å². The van der Waals surface area contributed by atoms with Crippen LogP contribution in [0.15, 0.2) is 17.5 Å². The van der Waals surface area contributed by atoms with Crippen LogP contribution in [0, 0.1) is 0 Å². The van der Waals surface area contributed by atoms with Gasteiger partial charge in [0.25, 0.3) is 11.8 Å². The molecule has 3 amide bonds. The zero-order chi connectivity index (χ0) is 19.2. The van der Waals surface area contributed by atoms with Crippen LogP contribution >= 0.6 is 22.7 Å². The van der Waals surface area contributed by atoms with E-state index in [2.05, 4.69) is 26.1 Å². The summed E-state index contributed by atoms with van der Waals surface area (Å²) in [5.41, 5.74) is 5.00. The Kier molecular flexibility index (Phi) is 6.37. The van der Waals surface area contributed by atoms with Gasteiger partial charge in [-0.2, -0.15) is 0 Å². The molecule has 0 radical (unpaired) electrons. The van der Waals surface area contributed by atoms with Crippen LogP contribution in [0.5, 0.6) is 0 Å². The smallest absolute Gasteiger partial charge is 0.289 e. The van der Waals surface area contributed by atoms with Crippen LogP contribution in [0.2, 0.25) is 0 Å². The lowest BCUT2D eigenvalue weighted by atomic mass is 10.4. The molecule has 3 N–H and O–H groups in total. The Morgan fingerprint density at radius 2 is 1.93 bits per heavy atom. The first kappa shape index (κ1) is 19.3. The molecule has 1 fully saturated rings. The average molecular weight is 409 g/mol. The summed E-state index contributed by atoms with van der Waals surface area (Å²) in [6.45, 7) is 4.56. The van der Waals surface area contributed by atoms with Gasteiger partial charge in [0.2, 0.25) is 5.91 Å². The van der Waals surface area contributed by atoms with Gasteiger partial charge in [-0.1, -0.05) is 0 Å². The van der Waals surface area contributed by atoms with Crippen molar-refractivity contribution in [3.05, 3.63) is 33.0 Å². The number of hydrazine groups is 1. The highest BCUT2D eigenvalue weighted by atomic mass is 32.1. The molecule has 0 saturated carbocycles. The third-order valence-corrected chi connectivity index (χ3v) is 5.68. The van der Waals surface area contributed by atoms with Crippen molar-refractivity contribution in [2.24, 2.45) is 0 Å². The first-order valence-corrected chi connectivity index (χ1v) is 9.94. The summed E-state index contributed by atoms with van der Waals surface area (Å²) in [4.78, 5) is 42.9. The molecule has 2 aromatic rings. The zero-order valence-electron chi connectivity index (χ0n) is 14.6. The van der Waals surface area contributed by atoms with Crippen LogP contribution in [-0.4, -0.2) is 49.0 Å². The normalized spacial score (nSPS) is 13.9. The number of ether oxygens (including phenoxy) is 1. The standard InChI is InChI=1S/C16H19N5O4S2/c1-10(22)17-8-11-2-3-13(27-11)15(24)20-19-14(23)12-9-26-16(18-12)21-4-6-25-7-5-21/h2-3,9H,4-8H2,1H3,(H,17,22)(H,19,23)(H,20,24). The molecule has 9 nitrogen and oxygen atoms in total. The van der Waals surface area contributed by atoms with E-state index in [9.17, 15) is 14.4 Å². The highest BCUT2D eigenvalue weighted by Crippen LogP contribution is 2.21. The summed E-state index contributed by atoms with van der Waals surface area (Å²) >= 11 is 2.62. The van der Waals surface area contributed by atoms with Gasteiger partial charge in [-0.3, -0.25) is 25.2 Å². The Bertz CT molecular complexity index is 828. The fraction of sp³-hybridized carbons (Fsp3) is 0.375. The van der Waals surface area contributed by atoms with Crippen molar-refractivity contribution in [1.29, 1.82) is 0 Å². The van der Waals surface area contributed by atoms with Crippen LogP contribution in [0.1, 0.15) is 32.0 Å². The van der Waals surface area contributed by atoms with Gasteiger partial charge in [0, 0.05) is 30.3 Å². The van der Waals surface area contributed by atoms with Crippen LogP contribution in [0.4, 0.5) is 5.13 Å². The van der Waals surface area contributed by atoms with E-state index in [0.717, 1.165) is 23.1 Å². The van der Waals surface area contributed by atoms with E-state index in [1.54, 1.807) is 17.5 Å². The van der Waals surface area contributed by atoms with Gasteiger partial charge in [-0.25, -0.2) is 4.98 Å². The van der Waals surface area contributed by atoms with Crippen LogP contribution in [0.3, 0.4) is 0 Å². The highest BCUT2D eigenvalue weighted by Gasteiger charge is 2.18. The Labute approximate surface area is 163 Å². The molecule has 27 heavy (non-hydrogen) atoms. The molecule has 1 aliphatic heterocycles. The molecule has 0 bridgehead atoms. The van der Waals surface area contributed by atoms with Gasteiger partial charge in [-0.15, -0.1) is 22.7 Å². The number of hydrogen-bond acceptors (Lipinski definition) is 8. The van der Waals surface area contributed by atoms with E-state index >= 15 is 0 Å². The lowest BCUT2D eigenvalue weighted by Gasteiger charge is -2.25. The fourth-order valence-electron chi connectivity index (χ4n) is 2.31. The second kappa shape index (κ2) is 8.93. The Morgan fingerprint density at radius 3 is 2.67 bits per heavy atom. The summed E-state index contributed by atoms with van der Waals surface area (Å²) < 4.78 is 5.30. The molecule has 0 atom stereocenters. The van der Waals surface area contributed by atoms with Crippen molar-refractivity contribution in [3.63, 3.8) is 0 Å². The van der Waals surface area contributed by atoms with Gasteiger partial charge in [-0.05, 0) is 12.1 Å². The number of carbonyl (C=O) groups is 3. The molecular formula is C16H19N5O4S2. The third kappa shape index (κ3) is 5.25. The molecule has 1 aliphatic rings. The predicted molar refractivity (Wildman–Crippen MR) is 102 cm³/mol. The number of anilines is 1. The van der Waals surface area contributed by atoms with Crippen molar-refractivity contribution < 1.29 is 19.1 Å². The lowest BCUT2D eigenvalue weighted by Crippen LogP contribution is -2.41. The topological polar surface area (TPSA) is 113 Å². The molecular weight excluding hydrogens is 390 g/mol. The minimum Gasteiger partial charge on any atom is -0.378 e. The summed E-state index contributed by atoms with van der Waals surface area (Å²) in [7, 11) is 0. The van der Waals surface area contributed by atoms with Crippen LogP contribution < -0.4 is 21.1 Å². The summed E-state index contributed by atoms with van der Waals surface area (Å²) in [6, 6.07) is 3.40. The first-order valence-electron chi connectivity index (χ1n) is 8.25. The highest BCUT2D eigenvalue weighted by molar-refractivity contribution is 7.14. The van der Waals surface area contributed by atoms with Crippen molar-refractivity contribution in [1.82, 2.24) is 21.2 Å². The number of nitrogens with one attached hydrogen (secondary N) is 3. The number of morpholine rings is 1. The lowest BCUT2D eigenvalue weighted by molar-refractivity contribution is -0.119. The van der Waals surface area contributed by atoms with E-state index in [1.807, 2.05) is 0 Å². The maximum atomic E-state index is 12.2. The molecule has 2 aromatic heterocycles. The molecule has 144 valence electrons. The number of thiazole rings is 1. The van der Waals surface area contributed by atoms with E-state index in [4.69, 9.17) is 4.74 Å². The Hall–Kier alpha value is -2.50. The predicted octanol–water partition coefficient (Wildman–Crippen LogP) is 0.752. The summed E-state index contributed by atoms with van der Waals surface area (Å²) in [5, 5.41) is 5.08. The third-order valence-electron chi connectivity index (χ3n) is 3.69. The molecule has 0 spiro atoms. The van der Waals surface area contributed by atoms with E-state index in [1.165, 1.54) is 29.6 Å². The number of nitrogens with zero attached hydrogens (tertiary/aromatic N) is 2. The maximum Gasteiger partial charge on any atom is 0.289 e. The Morgan fingerprint density at radius 1 is 1.19 bits per heavy atom. The SMILES string of the molecule is CC(=O)NCc1ccc(C(=O)NNC(=O)c2csc(N3CCOCC3)n2)s1.